The second kappa shape index (κ2) is 3.71. The molecule has 2 N–H and O–H groups in total. The molecular weight excluding hydrogens is 132 g/mol. The maximum absolute atomic E-state index is 10.2. The molecule has 0 aliphatic rings. The van der Waals surface area contributed by atoms with Crippen molar-refractivity contribution in [1.82, 2.24) is 0 Å². The maximum atomic E-state index is 10.2. The van der Waals surface area contributed by atoms with Gasteiger partial charge in [-0.2, -0.15) is 0 Å². The number of rotatable bonds is 4. The lowest BCUT2D eigenvalue weighted by Gasteiger charge is -2.04. The van der Waals surface area contributed by atoms with Crippen LogP contribution in [0.5, 0.6) is 0 Å². The fraction of sp³-hybridized carbons (Fsp3) is 0.143. The van der Waals surface area contributed by atoms with Gasteiger partial charge in [-0.1, -0.05) is 12.7 Å². The second-order valence-electron chi connectivity index (χ2n) is 1.72. The summed E-state index contributed by atoms with van der Waals surface area (Å²) in [5, 5.41) is 17.0. The summed E-state index contributed by atoms with van der Waals surface area (Å²) in [6, 6.07) is 0. The molecule has 0 heterocycles. The monoisotopic (exact) mass is 141 g/mol. The summed E-state index contributed by atoms with van der Waals surface area (Å²) in [6.07, 6.45) is 1.52. The smallest absolute Gasteiger partial charge is 0.319 e. The normalized spacial score (nSPS) is 9.30. The molecule has 10 heavy (non-hydrogen) atoms. The Morgan fingerprint density at radius 2 is 2.00 bits per heavy atom. The largest absolute Gasteiger partial charge is 0.512 e. The number of aliphatic carboxylic acids is 1. The van der Waals surface area contributed by atoms with Crippen molar-refractivity contribution in [3.63, 3.8) is 0 Å². The minimum absolute atomic E-state index is 0.116. The van der Waals surface area contributed by atoms with Gasteiger partial charge in [0.2, 0.25) is 0 Å². The molecule has 1 radical (unpaired) electrons. The van der Waals surface area contributed by atoms with E-state index in [4.69, 9.17) is 10.2 Å². The number of carboxylic acid groups (broad SMARTS) is 1. The van der Waals surface area contributed by atoms with Crippen molar-refractivity contribution >= 4 is 5.97 Å². The minimum Gasteiger partial charge on any atom is -0.512 e. The fourth-order valence-corrected chi connectivity index (χ4v) is 0.473. The van der Waals surface area contributed by atoms with Gasteiger partial charge in [-0.25, -0.2) is 0 Å². The van der Waals surface area contributed by atoms with Crippen LogP contribution in [0.3, 0.4) is 0 Å². The molecule has 0 atom stereocenters. The molecule has 0 fully saturated rings. The first-order valence-corrected chi connectivity index (χ1v) is 2.67. The Balaban J connectivity index is 4.11. The summed E-state index contributed by atoms with van der Waals surface area (Å²) < 4.78 is 0. The van der Waals surface area contributed by atoms with Crippen LogP contribution in [0.15, 0.2) is 25.0 Å². The van der Waals surface area contributed by atoms with E-state index >= 15 is 0 Å². The molecule has 0 aliphatic carbocycles. The van der Waals surface area contributed by atoms with Gasteiger partial charge in [0.1, 0.15) is 5.76 Å². The van der Waals surface area contributed by atoms with E-state index in [2.05, 4.69) is 13.2 Å². The van der Waals surface area contributed by atoms with Crippen molar-refractivity contribution < 1.29 is 15.0 Å². The summed E-state index contributed by atoms with van der Waals surface area (Å²) in [5.74, 6) is -1.69. The van der Waals surface area contributed by atoms with Crippen LogP contribution in [0.4, 0.5) is 0 Å². The molecule has 0 spiro atoms. The average molecular weight is 141 g/mol. The Kier molecular flexibility index (Phi) is 3.25. The molecular formula is C7H9O3. The van der Waals surface area contributed by atoms with Gasteiger partial charge in [-0.3, -0.25) is 4.79 Å². The molecule has 0 amide bonds. The zero-order valence-electron chi connectivity index (χ0n) is 5.50. The van der Waals surface area contributed by atoms with Crippen LogP contribution in [0.2, 0.25) is 0 Å². The summed E-state index contributed by atoms with van der Waals surface area (Å²) in [6.45, 7) is 6.41. The van der Waals surface area contributed by atoms with E-state index in [0.29, 0.717) is 0 Å². The van der Waals surface area contributed by atoms with Gasteiger partial charge in [-0.15, -0.1) is 6.58 Å². The predicted molar refractivity (Wildman–Crippen MR) is 37.5 cm³/mol. The highest BCUT2D eigenvalue weighted by Gasteiger charge is 2.19. The molecule has 3 nitrogen and oxygen atoms in total. The number of hydrogen-bond donors (Lipinski definition) is 2. The van der Waals surface area contributed by atoms with Crippen LogP contribution in [-0.2, 0) is 4.79 Å². The highest BCUT2D eigenvalue weighted by molar-refractivity contribution is 5.86. The van der Waals surface area contributed by atoms with Crippen molar-refractivity contribution in [2.24, 2.45) is 0 Å². The lowest BCUT2D eigenvalue weighted by Crippen LogP contribution is -2.11. The quantitative estimate of drug-likeness (QED) is 0.458. The Labute approximate surface area is 59.3 Å². The Bertz CT molecular complexity index is 146. The zero-order chi connectivity index (χ0) is 8.15. The number of hydrogen-bond acceptors (Lipinski definition) is 2. The van der Waals surface area contributed by atoms with Crippen LogP contribution in [0, 0.1) is 5.92 Å². The summed E-state index contributed by atoms with van der Waals surface area (Å²) >= 11 is 0. The number of allylic oxidation sites excluding steroid dienone is 1. The van der Waals surface area contributed by atoms with E-state index in [9.17, 15) is 4.79 Å². The first kappa shape index (κ1) is 8.75. The third kappa shape index (κ3) is 2.35. The zero-order valence-corrected chi connectivity index (χ0v) is 5.50. The number of carboxylic acids is 1. The first-order valence-electron chi connectivity index (χ1n) is 2.67. The number of aliphatic hydroxyl groups excluding tert-OH is 1. The van der Waals surface area contributed by atoms with Crippen molar-refractivity contribution in [2.45, 2.75) is 6.42 Å². The van der Waals surface area contributed by atoms with E-state index in [-0.39, 0.29) is 12.3 Å². The molecule has 3 heteroatoms. The fourth-order valence-electron chi connectivity index (χ4n) is 0.473. The Morgan fingerprint density at radius 3 is 2.10 bits per heavy atom. The van der Waals surface area contributed by atoms with Crippen LogP contribution in [-0.4, -0.2) is 16.2 Å². The molecule has 0 aromatic carbocycles. The molecule has 0 aliphatic heterocycles. The molecule has 0 aromatic heterocycles. The molecule has 0 saturated heterocycles. The molecule has 0 aromatic rings. The van der Waals surface area contributed by atoms with Crippen molar-refractivity contribution in [3.8, 4) is 0 Å². The van der Waals surface area contributed by atoms with E-state index < -0.39 is 11.7 Å². The van der Waals surface area contributed by atoms with Gasteiger partial charge in [0, 0.05) is 0 Å². The summed E-state index contributed by atoms with van der Waals surface area (Å²) in [7, 11) is 0. The van der Waals surface area contributed by atoms with E-state index in [1.165, 1.54) is 6.08 Å². The van der Waals surface area contributed by atoms with Gasteiger partial charge in [-0.05, 0) is 6.42 Å². The van der Waals surface area contributed by atoms with Crippen LogP contribution in [0.25, 0.3) is 0 Å². The van der Waals surface area contributed by atoms with Gasteiger partial charge >= 0.3 is 5.97 Å². The Hall–Kier alpha value is -1.25. The van der Waals surface area contributed by atoms with Crippen molar-refractivity contribution in [3.05, 3.63) is 30.9 Å². The average Bonchev–Trinajstić information content (AvgIpc) is 1.81. The highest BCUT2D eigenvalue weighted by atomic mass is 16.4. The maximum Gasteiger partial charge on any atom is 0.319 e. The van der Waals surface area contributed by atoms with Crippen LogP contribution < -0.4 is 0 Å². The van der Waals surface area contributed by atoms with Crippen molar-refractivity contribution in [2.75, 3.05) is 0 Å². The van der Waals surface area contributed by atoms with Gasteiger partial charge in [0.05, 0.1) is 0 Å². The third-order valence-electron chi connectivity index (χ3n) is 0.955. The van der Waals surface area contributed by atoms with Gasteiger partial charge in [0.15, 0.2) is 5.92 Å². The molecule has 0 unspecified atom stereocenters. The second-order valence-corrected chi connectivity index (χ2v) is 1.72. The first-order chi connectivity index (χ1) is 4.59. The van der Waals surface area contributed by atoms with E-state index in [1.54, 1.807) is 0 Å². The minimum atomic E-state index is -1.16. The molecule has 0 saturated carbocycles. The van der Waals surface area contributed by atoms with E-state index in [0.717, 1.165) is 0 Å². The Morgan fingerprint density at radius 1 is 1.50 bits per heavy atom. The molecule has 0 bridgehead atoms. The lowest BCUT2D eigenvalue weighted by atomic mass is 10.1. The molecule has 0 rings (SSSR count). The van der Waals surface area contributed by atoms with Crippen molar-refractivity contribution in [1.29, 1.82) is 0 Å². The van der Waals surface area contributed by atoms with E-state index in [1.807, 2.05) is 0 Å². The topological polar surface area (TPSA) is 57.5 Å². The van der Waals surface area contributed by atoms with Gasteiger partial charge in [0.25, 0.3) is 0 Å². The number of carbonyl (C=O) groups is 1. The third-order valence-corrected chi connectivity index (χ3v) is 0.955. The molecule has 55 valence electrons. The summed E-state index contributed by atoms with van der Waals surface area (Å²) in [5.41, 5.74) is 0. The standard InChI is InChI=1S/C7H9O3/c1-3-4-6(5(2)8)7(9)10/h3,8H,1-2,4H2,(H,9,10). The number of aliphatic hydroxyl groups is 1. The van der Waals surface area contributed by atoms with Crippen LogP contribution >= 0.6 is 0 Å². The lowest BCUT2D eigenvalue weighted by molar-refractivity contribution is -0.134. The summed E-state index contributed by atoms with van der Waals surface area (Å²) in [4.78, 5) is 10.2. The highest BCUT2D eigenvalue weighted by Crippen LogP contribution is 2.13. The SMILES string of the molecule is C=CC[C](C(=C)O)C(=O)O. The van der Waals surface area contributed by atoms with Crippen LogP contribution in [0.1, 0.15) is 6.42 Å². The van der Waals surface area contributed by atoms with Gasteiger partial charge < -0.3 is 10.2 Å². The predicted octanol–water partition coefficient (Wildman–Crippen LogP) is 1.29.